The number of aryl methyl sites for hydroxylation is 3. The second kappa shape index (κ2) is 5.45. The van der Waals surface area contributed by atoms with Crippen molar-refractivity contribution in [2.75, 3.05) is 5.73 Å². The molecule has 0 fully saturated rings. The highest BCUT2D eigenvalue weighted by Gasteiger charge is 2.12. The van der Waals surface area contributed by atoms with E-state index in [9.17, 15) is 0 Å². The van der Waals surface area contributed by atoms with Gasteiger partial charge in [-0.15, -0.1) is 0 Å². The van der Waals surface area contributed by atoms with Gasteiger partial charge in [-0.2, -0.15) is 15.0 Å². The third-order valence-electron chi connectivity index (χ3n) is 3.05. The molecule has 0 atom stereocenters. The summed E-state index contributed by atoms with van der Waals surface area (Å²) < 4.78 is 5.51. The molecule has 0 aliphatic carbocycles. The highest BCUT2D eigenvalue weighted by atomic mass is 16.5. The van der Waals surface area contributed by atoms with Crippen LogP contribution in [0, 0.1) is 20.8 Å². The van der Waals surface area contributed by atoms with Gasteiger partial charge in [-0.05, 0) is 57.4 Å². The normalized spacial score (nSPS) is 10.9. The topological polar surface area (TPSA) is 73.9 Å². The molecule has 1 aromatic carbocycles. The quantitative estimate of drug-likeness (QED) is 0.930. The zero-order valence-corrected chi connectivity index (χ0v) is 12.6. The van der Waals surface area contributed by atoms with Crippen molar-refractivity contribution in [1.82, 2.24) is 15.0 Å². The maximum atomic E-state index is 5.75. The molecular weight excluding hydrogens is 252 g/mol. The summed E-state index contributed by atoms with van der Waals surface area (Å²) in [5, 5.41) is 0. The lowest BCUT2D eigenvalue weighted by molar-refractivity contribution is 0.222. The van der Waals surface area contributed by atoms with E-state index in [0.29, 0.717) is 5.82 Å². The summed E-state index contributed by atoms with van der Waals surface area (Å²) in [6.07, 6.45) is -0.00880. The highest BCUT2D eigenvalue weighted by molar-refractivity contribution is 5.63. The van der Waals surface area contributed by atoms with Gasteiger partial charge in [0.15, 0.2) is 5.82 Å². The number of hydrogen-bond donors (Lipinski definition) is 1. The van der Waals surface area contributed by atoms with Crippen LogP contribution in [0.1, 0.15) is 30.5 Å². The Kier molecular flexibility index (Phi) is 3.88. The van der Waals surface area contributed by atoms with Crippen LogP contribution in [0.15, 0.2) is 12.1 Å². The third-order valence-corrected chi connectivity index (χ3v) is 3.05. The largest absolute Gasteiger partial charge is 0.461 e. The molecule has 5 nitrogen and oxygen atoms in total. The van der Waals surface area contributed by atoms with Gasteiger partial charge in [0.2, 0.25) is 5.95 Å². The van der Waals surface area contributed by atoms with Gasteiger partial charge in [0.1, 0.15) is 0 Å². The summed E-state index contributed by atoms with van der Waals surface area (Å²) in [6.45, 7) is 10.0. The lowest BCUT2D eigenvalue weighted by Crippen LogP contribution is -2.11. The number of rotatable bonds is 3. The number of anilines is 1. The van der Waals surface area contributed by atoms with E-state index < -0.39 is 0 Å². The molecule has 2 N–H and O–H groups in total. The molecule has 0 saturated carbocycles. The maximum absolute atomic E-state index is 5.75. The van der Waals surface area contributed by atoms with Crippen LogP contribution in [0.3, 0.4) is 0 Å². The van der Waals surface area contributed by atoms with E-state index in [0.717, 1.165) is 11.1 Å². The SMILES string of the molecule is Cc1cc(C)c(-c2nc(N)nc(OC(C)C)n2)cc1C. The number of nitrogen functional groups attached to an aromatic ring is 1. The first-order valence-corrected chi connectivity index (χ1v) is 6.63. The molecule has 2 rings (SSSR count). The molecule has 0 spiro atoms. The summed E-state index contributed by atoms with van der Waals surface area (Å²) in [7, 11) is 0. The van der Waals surface area contributed by atoms with Crippen molar-refractivity contribution in [3.8, 4) is 17.4 Å². The summed E-state index contributed by atoms with van der Waals surface area (Å²) >= 11 is 0. The monoisotopic (exact) mass is 272 g/mol. The van der Waals surface area contributed by atoms with Crippen molar-refractivity contribution >= 4 is 5.95 Å². The molecule has 20 heavy (non-hydrogen) atoms. The summed E-state index contributed by atoms with van der Waals surface area (Å²) in [6, 6.07) is 4.45. The Balaban J connectivity index is 2.52. The second-order valence-corrected chi connectivity index (χ2v) is 5.22. The molecule has 0 amide bonds. The number of hydrogen-bond acceptors (Lipinski definition) is 5. The first kappa shape index (κ1) is 14.2. The fourth-order valence-corrected chi connectivity index (χ4v) is 1.96. The number of nitrogens with zero attached hydrogens (tertiary/aromatic N) is 3. The van der Waals surface area contributed by atoms with E-state index >= 15 is 0 Å². The molecule has 0 aliphatic rings. The molecule has 106 valence electrons. The summed E-state index contributed by atoms with van der Waals surface area (Å²) in [5.41, 5.74) is 10.2. The van der Waals surface area contributed by atoms with Gasteiger partial charge in [0, 0.05) is 5.56 Å². The number of aromatic nitrogens is 3. The Morgan fingerprint density at radius 1 is 0.950 bits per heavy atom. The molecule has 0 aliphatic heterocycles. The van der Waals surface area contributed by atoms with Gasteiger partial charge in [0.25, 0.3) is 0 Å². The van der Waals surface area contributed by atoms with Crippen LogP contribution < -0.4 is 10.5 Å². The Morgan fingerprint density at radius 3 is 2.25 bits per heavy atom. The van der Waals surface area contributed by atoms with E-state index in [1.54, 1.807) is 0 Å². The second-order valence-electron chi connectivity index (χ2n) is 5.22. The molecular formula is C15H20N4O. The number of benzene rings is 1. The fourth-order valence-electron chi connectivity index (χ4n) is 1.96. The molecule has 0 unspecified atom stereocenters. The molecule has 5 heteroatoms. The first-order chi connectivity index (χ1) is 9.36. The lowest BCUT2D eigenvalue weighted by Gasteiger charge is -2.11. The predicted octanol–water partition coefficient (Wildman–Crippen LogP) is 2.83. The molecule has 0 saturated heterocycles. The molecule has 1 heterocycles. The minimum Gasteiger partial charge on any atom is -0.461 e. The van der Waals surface area contributed by atoms with Crippen LogP contribution in [-0.4, -0.2) is 21.1 Å². The summed E-state index contributed by atoms with van der Waals surface area (Å²) in [5.74, 6) is 0.719. The van der Waals surface area contributed by atoms with E-state index in [2.05, 4.69) is 40.9 Å². The molecule has 2 aromatic rings. The first-order valence-electron chi connectivity index (χ1n) is 6.63. The third kappa shape index (κ3) is 3.04. The van der Waals surface area contributed by atoms with Gasteiger partial charge >= 0.3 is 6.01 Å². The van der Waals surface area contributed by atoms with Gasteiger partial charge < -0.3 is 10.5 Å². The van der Waals surface area contributed by atoms with Crippen LogP contribution >= 0.6 is 0 Å². The van der Waals surface area contributed by atoms with Crippen molar-refractivity contribution < 1.29 is 4.74 Å². The van der Waals surface area contributed by atoms with Crippen LogP contribution in [0.4, 0.5) is 5.95 Å². The van der Waals surface area contributed by atoms with Gasteiger partial charge in [-0.1, -0.05) is 6.07 Å². The highest BCUT2D eigenvalue weighted by Crippen LogP contribution is 2.25. The fraction of sp³-hybridized carbons (Fsp3) is 0.400. The Labute approximate surface area is 119 Å². The van der Waals surface area contributed by atoms with E-state index in [1.807, 2.05) is 20.8 Å². The minimum absolute atomic E-state index is 0.00880. The molecule has 0 radical (unpaired) electrons. The average molecular weight is 272 g/mol. The van der Waals surface area contributed by atoms with Crippen molar-refractivity contribution in [2.45, 2.75) is 40.7 Å². The van der Waals surface area contributed by atoms with Gasteiger partial charge in [-0.25, -0.2) is 0 Å². The zero-order valence-electron chi connectivity index (χ0n) is 12.6. The average Bonchev–Trinajstić information content (AvgIpc) is 2.32. The standard InChI is InChI=1S/C15H20N4O/c1-8(2)20-15-18-13(17-14(16)19-15)12-7-10(4)9(3)6-11(12)5/h6-8H,1-5H3,(H2,16,17,18,19). The van der Waals surface area contributed by atoms with E-state index in [1.165, 1.54) is 11.1 Å². The van der Waals surface area contributed by atoms with Crippen LogP contribution in [-0.2, 0) is 0 Å². The number of nitrogens with two attached hydrogens (primary N) is 1. The van der Waals surface area contributed by atoms with Crippen molar-refractivity contribution in [3.63, 3.8) is 0 Å². The van der Waals surface area contributed by atoms with Crippen molar-refractivity contribution in [3.05, 3.63) is 28.8 Å². The van der Waals surface area contributed by atoms with Crippen LogP contribution in [0.25, 0.3) is 11.4 Å². The van der Waals surface area contributed by atoms with Crippen LogP contribution in [0.5, 0.6) is 6.01 Å². The zero-order chi connectivity index (χ0) is 14.9. The van der Waals surface area contributed by atoms with Crippen molar-refractivity contribution in [2.24, 2.45) is 0 Å². The van der Waals surface area contributed by atoms with Crippen LogP contribution in [0.2, 0.25) is 0 Å². The van der Waals surface area contributed by atoms with Crippen molar-refractivity contribution in [1.29, 1.82) is 0 Å². The molecule has 1 aromatic heterocycles. The van der Waals surface area contributed by atoms with E-state index in [4.69, 9.17) is 10.5 Å². The lowest BCUT2D eigenvalue weighted by atomic mass is 10.0. The number of ether oxygens (including phenoxy) is 1. The predicted molar refractivity (Wildman–Crippen MR) is 79.7 cm³/mol. The van der Waals surface area contributed by atoms with Gasteiger partial charge in [-0.3, -0.25) is 0 Å². The summed E-state index contributed by atoms with van der Waals surface area (Å²) in [4.78, 5) is 12.6. The minimum atomic E-state index is -0.00880. The Morgan fingerprint density at radius 2 is 1.60 bits per heavy atom. The van der Waals surface area contributed by atoms with E-state index in [-0.39, 0.29) is 18.1 Å². The molecule has 0 bridgehead atoms. The Bertz CT molecular complexity index is 638. The maximum Gasteiger partial charge on any atom is 0.322 e. The smallest absolute Gasteiger partial charge is 0.322 e. The Hall–Kier alpha value is -2.17. The van der Waals surface area contributed by atoms with Gasteiger partial charge in [0.05, 0.1) is 6.10 Å².